The van der Waals surface area contributed by atoms with Crippen LogP contribution in [0.15, 0.2) is 12.3 Å². The van der Waals surface area contributed by atoms with Crippen molar-refractivity contribution < 1.29 is 5.11 Å². The number of nitrogens with zero attached hydrogens (tertiary/aromatic N) is 1. The Morgan fingerprint density at radius 2 is 2.33 bits per heavy atom. The molecule has 82 valence electrons. The summed E-state index contributed by atoms with van der Waals surface area (Å²) in [7, 11) is 0. The van der Waals surface area contributed by atoms with Gasteiger partial charge in [-0.1, -0.05) is 6.92 Å². The van der Waals surface area contributed by atoms with E-state index in [-0.39, 0.29) is 5.92 Å². The fourth-order valence-corrected chi connectivity index (χ4v) is 2.49. The number of hydrogen-bond donors (Lipinski definition) is 2. The number of hydrogen-bond acceptors (Lipinski definition) is 3. The quantitative estimate of drug-likeness (QED) is 0.738. The first-order valence-corrected chi connectivity index (χ1v) is 5.49. The Labute approximate surface area is 90.3 Å². The molecule has 0 aliphatic heterocycles. The van der Waals surface area contributed by atoms with Crippen LogP contribution >= 0.6 is 0 Å². The van der Waals surface area contributed by atoms with Gasteiger partial charge in [0.1, 0.15) is 5.82 Å². The van der Waals surface area contributed by atoms with Crippen LogP contribution in [0.2, 0.25) is 0 Å². The van der Waals surface area contributed by atoms with Crippen molar-refractivity contribution in [2.45, 2.75) is 38.7 Å². The highest BCUT2D eigenvalue weighted by Gasteiger charge is 2.41. The Balaban J connectivity index is 2.48. The number of aryl methyl sites for hydroxylation is 1. The summed E-state index contributed by atoms with van der Waals surface area (Å²) in [4.78, 5) is 4.12. The lowest BCUT2D eigenvalue weighted by Gasteiger charge is -2.29. The van der Waals surface area contributed by atoms with E-state index in [1.807, 2.05) is 13.0 Å². The number of aromatic nitrogens is 1. The van der Waals surface area contributed by atoms with Crippen LogP contribution in [0.5, 0.6) is 0 Å². The average molecular weight is 206 g/mol. The van der Waals surface area contributed by atoms with E-state index in [0.717, 1.165) is 30.4 Å². The van der Waals surface area contributed by atoms with Crippen molar-refractivity contribution in [3.63, 3.8) is 0 Å². The molecule has 3 N–H and O–H groups in total. The van der Waals surface area contributed by atoms with Gasteiger partial charge in [-0.3, -0.25) is 0 Å². The van der Waals surface area contributed by atoms with Gasteiger partial charge in [0.2, 0.25) is 0 Å². The van der Waals surface area contributed by atoms with E-state index in [0.29, 0.717) is 5.82 Å². The summed E-state index contributed by atoms with van der Waals surface area (Å²) < 4.78 is 0. The smallest absolute Gasteiger partial charge is 0.129 e. The summed E-state index contributed by atoms with van der Waals surface area (Å²) in [5.41, 5.74) is 6.95. The highest BCUT2D eigenvalue weighted by Crippen LogP contribution is 2.44. The first kappa shape index (κ1) is 10.4. The maximum Gasteiger partial charge on any atom is 0.129 e. The van der Waals surface area contributed by atoms with Crippen molar-refractivity contribution in [1.82, 2.24) is 4.98 Å². The second-order valence-electron chi connectivity index (χ2n) is 4.66. The SMILES string of the molecule is Cc1cnc(N)c(C2(O)CCCC2C)c1. The molecule has 1 aromatic rings. The second-order valence-corrected chi connectivity index (χ2v) is 4.66. The van der Waals surface area contributed by atoms with Crippen LogP contribution < -0.4 is 5.73 Å². The first-order valence-electron chi connectivity index (χ1n) is 5.49. The van der Waals surface area contributed by atoms with Crippen molar-refractivity contribution in [3.8, 4) is 0 Å². The van der Waals surface area contributed by atoms with Crippen LogP contribution in [0.3, 0.4) is 0 Å². The molecule has 3 heteroatoms. The molecule has 1 aliphatic rings. The number of nitrogen functional groups attached to an aromatic ring is 1. The molecule has 1 saturated carbocycles. The van der Waals surface area contributed by atoms with Crippen molar-refractivity contribution in [2.75, 3.05) is 5.73 Å². The van der Waals surface area contributed by atoms with Gasteiger partial charge in [0, 0.05) is 11.8 Å². The normalized spacial score (nSPS) is 30.7. The zero-order valence-corrected chi connectivity index (χ0v) is 9.33. The van der Waals surface area contributed by atoms with Gasteiger partial charge in [0.25, 0.3) is 0 Å². The molecule has 0 amide bonds. The van der Waals surface area contributed by atoms with E-state index in [1.54, 1.807) is 6.20 Å². The van der Waals surface area contributed by atoms with Gasteiger partial charge >= 0.3 is 0 Å². The molecule has 2 unspecified atom stereocenters. The molecule has 2 atom stereocenters. The number of aliphatic hydroxyl groups is 1. The van der Waals surface area contributed by atoms with Crippen LogP contribution in [0.25, 0.3) is 0 Å². The summed E-state index contributed by atoms with van der Waals surface area (Å²) in [6.45, 7) is 4.05. The summed E-state index contributed by atoms with van der Waals surface area (Å²) in [6, 6.07) is 1.96. The standard InChI is InChI=1S/C12H18N2O/c1-8-6-10(11(13)14-7-8)12(15)5-3-4-9(12)2/h6-7,9,15H,3-5H2,1-2H3,(H2,13,14). The van der Waals surface area contributed by atoms with Crippen LogP contribution in [0.1, 0.15) is 37.3 Å². The third-order valence-corrected chi connectivity index (χ3v) is 3.53. The van der Waals surface area contributed by atoms with E-state index >= 15 is 0 Å². The predicted octanol–water partition coefficient (Wildman–Crippen LogP) is 1.98. The summed E-state index contributed by atoms with van der Waals surface area (Å²) in [6.07, 6.45) is 4.65. The minimum absolute atomic E-state index is 0.267. The van der Waals surface area contributed by atoms with Gasteiger partial charge in [0.05, 0.1) is 5.60 Å². The number of nitrogens with two attached hydrogens (primary N) is 1. The molecule has 3 nitrogen and oxygen atoms in total. The molecule has 1 aliphatic carbocycles. The molecule has 0 saturated heterocycles. The fraction of sp³-hybridized carbons (Fsp3) is 0.583. The van der Waals surface area contributed by atoms with Gasteiger partial charge in [-0.15, -0.1) is 0 Å². The summed E-state index contributed by atoms with van der Waals surface area (Å²) in [5, 5.41) is 10.6. The van der Waals surface area contributed by atoms with E-state index < -0.39 is 5.60 Å². The third kappa shape index (κ3) is 1.61. The molecule has 0 radical (unpaired) electrons. The Morgan fingerprint density at radius 3 is 2.93 bits per heavy atom. The first-order chi connectivity index (χ1) is 7.04. The van der Waals surface area contributed by atoms with Crippen molar-refractivity contribution in [3.05, 3.63) is 23.4 Å². The zero-order valence-electron chi connectivity index (χ0n) is 9.33. The van der Waals surface area contributed by atoms with Crippen LogP contribution in [0, 0.1) is 12.8 Å². The molecular formula is C12H18N2O. The second kappa shape index (κ2) is 3.49. The Hall–Kier alpha value is -1.09. The van der Waals surface area contributed by atoms with Crippen molar-refractivity contribution in [1.29, 1.82) is 0 Å². The van der Waals surface area contributed by atoms with Crippen LogP contribution in [-0.2, 0) is 5.60 Å². The molecule has 0 spiro atoms. The Morgan fingerprint density at radius 1 is 1.60 bits per heavy atom. The van der Waals surface area contributed by atoms with Crippen molar-refractivity contribution in [2.24, 2.45) is 5.92 Å². The zero-order chi connectivity index (χ0) is 11.1. The lowest BCUT2D eigenvalue weighted by molar-refractivity contribution is 0.00492. The number of pyridine rings is 1. The maximum absolute atomic E-state index is 10.6. The lowest BCUT2D eigenvalue weighted by Crippen LogP contribution is -2.30. The van der Waals surface area contributed by atoms with E-state index in [1.165, 1.54) is 0 Å². The highest BCUT2D eigenvalue weighted by molar-refractivity contribution is 5.45. The molecule has 1 heterocycles. The molecule has 1 aromatic heterocycles. The van der Waals surface area contributed by atoms with Crippen LogP contribution in [-0.4, -0.2) is 10.1 Å². The average Bonchev–Trinajstić information content (AvgIpc) is 2.52. The Bertz CT molecular complexity index is 378. The molecule has 15 heavy (non-hydrogen) atoms. The van der Waals surface area contributed by atoms with Gasteiger partial charge in [-0.2, -0.15) is 0 Å². The molecule has 2 rings (SSSR count). The lowest BCUT2D eigenvalue weighted by atomic mass is 9.85. The summed E-state index contributed by atoms with van der Waals surface area (Å²) in [5.74, 6) is 0.736. The number of rotatable bonds is 1. The van der Waals surface area contributed by atoms with Gasteiger partial charge in [0.15, 0.2) is 0 Å². The van der Waals surface area contributed by atoms with Gasteiger partial charge < -0.3 is 10.8 Å². The maximum atomic E-state index is 10.6. The molecule has 0 bridgehead atoms. The fourth-order valence-electron chi connectivity index (χ4n) is 2.49. The largest absolute Gasteiger partial charge is 0.385 e. The summed E-state index contributed by atoms with van der Waals surface area (Å²) >= 11 is 0. The van der Waals surface area contributed by atoms with Crippen molar-refractivity contribution >= 4 is 5.82 Å². The van der Waals surface area contributed by atoms with Gasteiger partial charge in [-0.05, 0) is 43.7 Å². The highest BCUT2D eigenvalue weighted by atomic mass is 16.3. The molecular weight excluding hydrogens is 188 g/mol. The number of anilines is 1. The van der Waals surface area contributed by atoms with Crippen LogP contribution in [0.4, 0.5) is 5.82 Å². The minimum atomic E-state index is -0.761. The predicted molar refractivity (Wildman–Crippen MR) is 60.3 cm³/mol. The molecule has 0 aromatic carbocycles. The third-order valence-electron chi connectivity index (χ3n) is 3.53. The van der Waals surface area contributed by atoms with E-state index in [9.17, 15) is 5.11 Å². The molecule has 1 fully saturated rings. The Kier molecular flexibility index (Phi) is 2.43. The van der Waals surface area contributed by atoms with Gasteiger partial charge in [-0.25, -0.2) is 4.98 Å². The van der Waals surface area contributed by atoms with E-state index in [2.05, 4.69) is 11.9 Å². The topological polar surface area (TPSA) is 59.1 Å². The minimum Gasteiger partial charge on any atom is -0.385 e. The van der Waals surface area contributed by atoms with E-state index in [4.69, 9.17) is 5.73 Å². The monoisotopic (exact) mass is 206 g/mol.